The number of hydrogen-bond donors (Lipinski definition) is 0. The van der Waals surface area contributed by atoms with Crippen molar-refractivity contribution in [3.63, 3.8) is 0 Å². The average molecular weight is 184 g/mol. The molecular formula is C7H6ClN3O. The minimum absolute atomic E-state index is 0.476. The van der Waals surface area contributed by atoms with E-state index in [-0.39, 0.29) is 0 Å². The van der Waals surface area contributed by atoms with Crippen LogP contribution in [0, 0.1) is 0 Å². The molecule has 0 aromatic carbocycles. The fourth-order valence-electron chi connectivity index (χ4n) is 1.01. The highest BCUT2D eigenvalue weighted by Crippen LogP contribution is 2.18. The van der Waals surface area contributed by atoms with E-state index in [0.717, 1.165) is 0 Å². The number of ether oxygens (including phenoxy) is 1. The van der Waals surface area contributed by atoms with E-state index in [4.69, 9.17) is 16.3 Å². The summed E-state index contributed by atoms with van der Waals surface area (Å²) in [7, 11) is 1.55. The molecule has 0 atom stereocenters. The summed E-state index contributed by atoms with van der Waals surface area (Å²) >= 11 is 5.83. The Balaban J connectivity index is 2.82. The van der Waals surface area contributed by atoms with Crippen LogP contribution >= 0.6 is 11.6 Å². The van der Waals surface area contributed by atoms with E-state index in [1.165, 1.54) is 6.20 Å². The first-order chi connectivity index (χ1) is 5.83. The molecule has 0 saturated heterocycles. The Morgan fingerprint density at radius 3 is 3.08 bits per heavy atom. The van der Waals surface area contributed by atoms with Gasteiger partial charge in [-0.05, 0) is 0 Å². The molecule has 2 heterocycles. The molecule has 0 aliphatic carbocycles. The standard InChI is InChI=1S/C7H6ClN3O/c1-12-7-6-9-2-3-11(6)5(8)4-10-7/h2-4H,1H3. The van der Waals surface area contributed by atoms with Crippen LogP contribution in [0.1, 0.15) is 0 Å². The first-order valence-corrected chi connectivity index (χ1v) is 3.72. The molecule has 0 N–H and O–H groups in total. The normalized spacial score (nSPS) is 10.5. The van der Waals surface area contributed by atoms with Crippen LogP contribution in [0.25, 0.3) is 5.65 Å². The van der Waals surface area contributed by atoms with Crippen molar-refractivity contribution in [2.24, 2.45) is 0 Å². The zero-order valence-corrected chi connectivity index (χ0v) is 7.12. The molecule has 0 fully saturated rings. The number of imidazole rings is 1. The fraction of sp³-hybridized carbons (Fsp3) is 0.143. The minimum Gasteiger partial charge on any atom is -0.478 e. The Hall–Kier alpha value is -1.29. The van der Waals surface area contributed by atoms with Crippen molar-refractivity contribution in [2.75, 3.05) is 7.11 Å². The van der Waals surface area contributed by atoms with E-state index in [2.05, 4.69) is 9.97 Å². The van der Waals surface area contributed by atoms with Gasteiger partial charge in [-0.1, -0.05) is 11.6 Å². The number of aromatic nitrogens is 3. The summed E-state index contributed by atoms with van der Waals surface area (Å²) in [4.78, 5) is 8.00. The number of nitrogens with zero attached hydrogens (tertiary/aromatic N) is 3. The molecule has 0 radical (unpaired) electrons. The predicted molar refractivity (Wildman–Crippen MR) is 44.5 cm³/mol. The maximum Gasteiger partial charge on any atom is 0.258 e. The molecule has 0 saturated carbocycles. The summed E-state index contributed by atoms with van der Waals surface area (Å²) in [6.45, 7) is 0. The van der Waals surface area contributed by atoms with Crippen molar-refractivity contribution in [3.05, 3.63) is 23.7 Å². The molecule has 0 amide bonds. The van der Waals surface area contributed by atoms with E-state index >= 15 is 0 Å². The van der Waals surface area contributed by atoms with E-state index in [1.54, 1.807) is 23.9 Å². The monoisotopic (exact) mass is 183 g/mol. The Bertz CT molecular complexity index is 412. The van der Waals surface area contributed by atoms with E-state index in [0.29, 0.717) is 16.7 Å². The Morgan fingerprint density at radius 2 is 2.33 bits per heavy atom. The fourth-order valence-corrected chi connectivity index (χ4v) is 1.20. The number of halogens is 1. The van der Waals surface area contributed by atoms with Crippen molar-refractivity contribution >= 4 is 17.2 Å². The van der Waals surface area contributed by atoms with Gasteiger partial charge in [0.05, 0.1) is 13.3 Å². The van der Waals surface area contributed by atoms with Crippen LogP contribution in [-0.2, 0) is 0 Å². The topological polar surface area (TPSA) is 39.4 Å². The van der Waals surface area contributed by atoms with Gasteiger partial charge in [-0.15, -0.1) is 0 Å². The summed E-state index contributed by atoms with van der Waals surface area (Å²) in [6, 6.07) is 0. The van der Waals surface area contributed by atoms with Crippen LogP contribution in [0.2, 0.25) is 5.15 Å². The van der Waals surface area contributed by atoms with Crippen LogP contribution in [0.15, 0.2) is 18.6 Å². The molecule has 0 unspecified atom stereocenters. The molecule has 0 aliphatic heterocycles. The largest absolute Gasteiger partial charge is 0.478 e. The van der Waals surface area contributed by atoms with Gasteiger partial charge in [0.2, 0.25) is 5.65 Å². The quantitative estimate of drug-likeness (QED) is 0.671. The van der Waals surface area contributed by atoms with Gasteiger partial charge in [0.25, 0.3) is 5.88 Å². The third-order valence-electron chi connectivity index (χ3n) is 1.54. The van der Waals surface area contributed by atoms with Crippen molar-refractivity contribution in [2.45, 2.75) is 0 Å². The van der Waals surface area contributed by atoms with Crippen LogP contribution in [0.4, 0.5) is 0 Å². The molecule has 0 aliphatic rings. The molecule has 0 spiro atoms. The van der Waals surface area contributed by atoms with Crippen molar-refractivity contribution in [1.29, 1.82) is 0 Å². The second kappa shape index (κ2) is 2.64. The maximum absolute atomic E-state index is 5.83. The molecule has 5 heteroatoms. The van der Waals surface area contributed by atoms with Gasteiger partial charge < -0.3 is 4.74 Å². The molecule has 2 aromatic heterocycles. The lowest BCUT2D eigenvalue weighted by atomic mass is 10.6. The Labute approximate surface area is 73.8 Å². The number of hydrogen-bond acceptors (Lipinski definition) is 3. The summed E-state index contributed by atoms with van der Waals surface area (Å²) in [5.74, 6) is 0.476. The van der Waals surface area contributed by atoms with Crippen molar-refractivity contribution in [1.82, 2.24) is 14.4 Å². The van der Waals surface area contributed by atoms with E-state index < -0.39 is 0 Å². The second-order valence-electron chi connectivity index (χ2n) is 2.21. The van der Waals surface area contributed by atoms with Crippen LogP contribution in [-0.4, -0.2) is 21.5 Å². The second-order valence-corrected chi connectivity index (χ2v) is 2.60. The van der Waals surface area contributed by atoms with Crippen molar-refractivity contribution in [3.8, 4) is 5.88 Å². The molecule has 4 nitrogen and oxygen atoms in total. The van der Waals surface area contributed by atoms with E-state index in [9.17, 15) is 0 Å². The zero-order chi connectivity index (χ0) is 8.55. The summed E-state index contributed by atoms with van der Waals surface area (Å²) in [5.41, 5.74) is 0.630. The Kier molecular flexibility index (Phi) is 1.62. The molecular weight excluding hydrogens is 178 g/mol. The van der Waals surface area contributed by atoms with Gasteiger partial charge in [0.15, 0.2) is 0 Å². The SMILES string of the molecule is COc1ncc(Cl)n2ccnc12. The summed E-state index contributed by atoms with van der Waals surface area (Å²) in [5, 5.41) is 0.517. The zero-order valence-electron chi connectivity index (χ0n) is 6.36. The van der Waals surface area contributed by atoms with Crippen LogP contribution in [0.3, 0.4) is 0 Å². The highest BCUT2D eigenvalue weighted by atomic mass is 35.5. The van der Waals surface area contributed by atoms with Gasteiger partial charge in [-0.2, -0.15) is 0 Å². The lowest BCUT2D eigenvalue weighted by Gasteiger charge is -2.01. The summed E-state index contributed by atoms with van der Waals surface area (Å²) < 4.78 is 6.69. The number of fused-ring (bicyclic) bond motifs is 1. The lowest BCUT2D eigenvalue weighted by Crippen LogP contribution is -1.94. The number of methoxy groups -OCH3 is 1. The smallest absolute Gasteiger partial charge is 0.258 e. The van der Waals surface area contributed by atoms with Crippen LogP contribution in [0.5, 0.6) is 5.88 Å². The molecule has 0 bridgehead atoms. The van der Waals surface area contributed by atoms with Gasteiger partial charge in [-0.25, -0.2) is 9.97 Å². The van der Waals surface area contributed by atoms with Gasteiger partial charge in [0, 0.05) is 12.4 Å². The molecule has 62 valence electrons. The predicted octanol–water partition coefficient (Wildman–Crippen LogP) is 1.39. The summed E-state index contributed by atoms with van der Waals surface area (Å²) in [6.07, 6.45) is 4.92. The third kappa shape index (κ3) is 0.921. The van der Waals surface area contributed by atoms with Crippen LogP contribution < -0.4 is 4.74 Å². The average Bonchev–Trinajstić information content (AvgIpc) is 2.54. The van der Waals surface area contributed by atoms with Gasteiger partial charge in [-0.3, -0.25) is 4.40 Å². The highest BCUT2D eigenvalue weighted by molar-refractivity contribution is 6.29. The third-order valence-corrected chi connectivity index (χ3v) is 1.82. The molecule has 2 aromatic rings. The first-order valence-electron chi connectivity index (χ1n) is 3.34. The first kappa shape index (κ1) is 7.36. The Morgan fingerprint density at radius 1 is 1.50 bits per heavy atom. The minimum atomic E-state index is 0.476. The highest BCUT2D eigenvalue weighted by Gasteiger charge is 2.05. The molecule has 12 heavy (non-hydrogen) atoms. The molecule has 2 rings (SSSR count). The van der Waals surface area contributed by atoms with Gasteiger partial charge in [0.1, 0.15) is 5.15 Å². The van der Waals surface area contributed by atoms with E-state index in [1.807, 2.05) is 0 Å². The van der Waals surface area contributed by atoms with Crippen molar-refractivity contribution < 1.29 is 4.74 Å². The lowest BCUT2D eigenvalue weighted by molar-refractivity contribution is 0.400. The van der Waals surface area contributed by atoms with Gasteiger partial charge >= 0.3 is 0 Å². The number of rotatable bonds is 1. The maximum atomic E-state index is 5.83.